The Labute approximate surface area is 166 Å². The molecule has 0 saturated heterocycles. The third-order valence-electron chi connectivity index (χ3n) is 4.36. The molecule has 29 heavy (non-hydrogen) atoms. The van der Waals surface area contributed by atoms with Crippen molar-refractivity contribution in [1.82, 2.24) is 39.4 Å². The van der Waals surface area contributed by atoms with E-state index in [1.54, 1.807) is 35.9 Å². The van der Waals surface area contributed by atoms with Gasteiger partial charge >= 0.3 is 0 Å². The summed E-state index contributed by atoms with van der Waals surface area (Å²) in [5.74, 6) is 0. The molecule has 148 valence electrons. The fourth-order valence-corrected chi connectivity index (χ4v) is 2.88. The Bertz CT molecular complexity index is 1220. The average molecular weight is 392 g/mol. The summed E-state index contributed by atoms with van der Waals surface area (Å²) >= 11 is 0. The maximum absolute atomic E-state index is 5.08. The van der Waals surface area contributed by atoms with Crippen molar-refractivity contribution in [3.63, 3.8) is 0 Å². The van der Waals surface area contributed by atoms with Crippen molar-refractivity contribution in [2.75, 3.05) is 20.8 Å². The monoisotopic (exact) mass is 392 g/mol. The number of hydrogen-bond acceptors (Lipinski definition) is 8. The van der Waals surface area contributed by atoms with Crippen LogP contribution >= 0.6 is 0 Å². The number of fused-ring (bicyclic) bond motifs is 1. The van der Waals surface area contributed by atoms with Gasteiger partial charge in [0.15, 0.2) is 5.65 Å². The molecule has 4 rings (SSSR count). The van der Waals surface area contributed by atoms with Gasteiger partial charge in [0, 0.05) is 38.8 Å². The van der Waals surface area contributed by atoms with Gasteiger partial charge in [-0.1, -0.05) is 11.3 Å². The molecular formula is C18H20N10O. The van der Waals surface area contributed by atoms with Gasteiger partial charge in [-0.15, -0.1) is 5.10 Å². The highest BCUT2D eigenvalue weighted by Gasteiger charge is 2.12. The summed E-state index contributed by atoms with van der Waals surface area (Å²) in [4.78, 5) is 13.2. The molecule has 0 fully saturated rings. The van der Waals surface area contributed by atoms with E-state index in [9.17, 15) is 0 Å². The molecule has 0 amide bonds. The summed E-state index contributed by atoms with van der Waals surface area (Å²) in [6, 6.07) is 3.82. The van der Waals surface area contributed by atoms with Crippen LogP contribution in [0.5, 0.6) is 0 Å². The van der Waals surface area contributed by atoms with Crippen molar-refractivity contribution in [1.29, 1.82) is 0 Å². The molecule has 4 aromatic heterocycles. The molecule has 0 aliphatic heterocycles. The second-order valence-corrected chi connectivity index (χ2v) is 6.24. The highest BCUT2D eigenvalue weighted by molar-refractivity contribution is 5.69. The number of pyridine rings is 1. The van der Waals surface area contributed by atoms with E-state index >= 15 is 0 Å². The molecule has 0 atom stereocenters. The summed E-state index contributed by atoms with van der Waals surface area (Å²) in [6.45, 7) is 5.29. The van der Waals surface area contributed by atoms with Crippen LogP contribution in [-0.4, -0.2) is 66.9 Å². The Hall–Kier alpha value is -3.73. The van der Waals surface area contributed by atoms with Gasteiger partial charge in [-0.05, 0) is 11.6 Å². The molecule has 0 radical (unpaired) electrons. The van der Waals surface area contributed by atoms with Gasteiger partial charge < -0.3 is 4.74 Å². The van der Waals surface area contributed by atoms with E-state index < -0.39 is 0 Å². The average Bonchev–Trinajstić information content (AvgIpc) is 3.39. The third-order valence-corrected chi connectivity index (χ3v) is 4.36. The van der Waals surface area contributed by atoms with Crippen LogP contribution in [0.2, 0.25) is 0 Å². The molecular weight excluding hydrogens is 372 g/mol. The zero-order valence-electron chi connectivity index (χ0n) is 16.2. The number of aromatic nitrogens is 8. The Morgan fingerprint density at radius 2 is 2.10 bits per heavy atom. The SMILES string of the molecule is C=Nn1cc(Cn2nnc3ncc(-c4cnn(CCOC)c4)nc32)cc/c1=N/C. The summed E-state index contributed by atoms with van der Waals surface area (Å²) in [7, 11) is 3.37. The summed E-state index contributed by atoms with van der Waals surface area (Å²) < 4.78 is 10.2. The van der Waals surface area contributed by atoms with Gasteiger partial charge in [-0.3, -0.25) is 9.67 Å². The Morgan fingerprint density at radius 3 is 2.90 bits per heavy atom. The largest absolute Gasteiger partial charge is 0.383 e. The van der Waals surface area contributed by atoms with Crippen molar-refractivity contribution in [3.8, 4) is 11.3 Å². The van der Waals surface area contributed by atoms with E-state index in [0.29, 0.717) is 42.2 Å². The highest BCUT2D eigenvalue weighted by Crippen LogP contribution is 2.18. The topological polar surface area (TPSA) is 113 Å². The van der Waals surface area contributed by atoms with Gasteiger partial charge in [0.05, 0.1) is 37.8 Å². The maximum Gasteiger partial charge on any atom is 0.221 e. The molecule has 0 spiro atoms. The standard InChI is InChI=1S/C18H20N10O/c1-19-16-5-4-13(10-27(16)20-2)11-28-18-17(24-25-28)21-9-15(23-18)14-8-22-26(12-14)6-7-29-3/h4-5,8-10,12H,2,6-7,11H2,1,3H3/b19-16-. The first-order valence-corrected chi connectivity index (χ1v) is 8.91. The smallest absolute Gasteiger partial charge is 0.221 e. The van der Waals surface area contributed by atoms with E-state index in [1.165, 1.54) is 0 Å². The van der Waals surface area contributed by atoms with Crippen LogP contribution in [0.15, 0.2) is 47.0 Å². The van der Waals surface area contributed by atoms with E-state index in [1.807, 2.05) is 29.2 Å². The second-order valence-electron chi connectivity index (χ2n) is 6.24. The molecule has 11 heteroatoms. The zero-order chi connectivity index (χ0) is 20.2. The highest BCUT2D eigenvalue weighted by atomic mass is 16.5. The first-order valence-electron chi connectivity index (χ1n) is 8.91. The van der Waals surface area contributed by atoms with Gasteiger partial charge in [0.1, 0.15) is 5.49 Å². The minimum Gasteiger partial charge on any atom is -0.383 e. The normalized spacial score (nSPS) is 12.0. The van der Waals surface area contributed by atoms with E-state index in [4.69, 9.17) is 9.72 Å². The van der Waals surface area contributed by atoms with Crippen molar-refractivity contribution in [2.24, 2.45) is 10.1 Å². The lowest BCUT2D eigenvalue weighted by Gasteiger charge is -2.05. The van der Waals surface area contributed by atoms with Crippen LogP contribution in [0.1, 0.15) is 5.56 Å². The van der Waals surface area contributed by atoms with E-state index in [2.05, 4.69) is 37.2 Å². The van der Waals surface area contributed by atoms with Crippen LogP contribution < -0.4 is 5.49 Å². The Morgan fingerprint density at radius 1 is 1.21 bits per heavy atom. The summed E-state index contributed by atoms with van der Waals surface area (Å²) in [6.07, 6.45) is 7.19. The molecule has 0 saturated carbocycles. The van der Waals surface area contributed by atoms with Crippen molar-refractivity contribution >= 4 is 18.0 Å². The third kappa shape index (κ3) is 3.80. The number of hydrogen-bond donors (Lipinski definition) is 0. The molecule has 0 aliphatic carbocycles. The second kappa shape index (κ2) is 8.10. The van der Waals surface area contributed by atoms with Crippen LogP contribution in [0.4, 0.5) is 0 Å². The molecule has 0 aliphatic rings. The lowest BCUT2D eigenvalue weighted by atomic mass is 10.2. The molecule has 0 bridgehead atoms. The minimum atomic E-state index is 0.460. The van der Waals surface area contributed by atoms with Gasteiger partial charge in [0.2, 0.25) is 5.65 Å². The van der Waals surface area contributed by atoms with Crippen molar-refractivity contribution < 1.29 is 4.74 Å². The van der Waals surface area contributed by atoms with Gasteiger partial charge in [-0.2, -0.15) is 10.2 Å². The van der Waals surface area contributed by atoms with Crippen LogP contribution in [0.25, 0.3) is 22.6 Å². The summed E-state index contributed by atoms with van der Waals surface area (Å²) in [5.41, 5.74) is 4.31. The van der Waals surface area contributed by atoms with Crippen molar-refractivity contribution in [2.45, 2.75) is 13.1 Å². The number of methoxy groups -OCH3 is 1. The van der Waals surface area contributed by atoms with Crippen LogP contribution in [0, 0.1) is 0 Å². The van der Waals surface area contributed by atoms with E-state index in [-0.39, 0.29) is 0 Å². The first-order chi connectivity index (χ1) is 14.2. The molecule has 11 nitrogen and oxygen atoms in total. The van der Waals surface area contributed by atoms with Crippen molar-refractivity contribution in [3.05, 3.63) is 48.0 Å². The Balaban J connectivity index is 1.65. The lowest BCUT2D eigenvalue weighted by Crippen LogP contribution is -2.17. The first kappa shape index (κ1) is 18.6. The van der Waals surface area contributed by atoms with E-state index in [0.717, 1.165) is 11.1 Å². The molecule has 0 N–H and O–H groups in total. The Kier molecular flexibility index (Phi) is 5.20. The molecule has 4 aromatic rings. The van der Waals surface area contributed by atoms with Crippen LogP contribution in [-0.2, 0) is 17.8 Å². The number of rotatable bonds is 7. The number of nitrogens with zero attached hydrogens (tertiary/aromatic N) is 10. The molecule has 0 unspecified atom stereocenters. The maximum atomic E-state index is 5.08. The number of ether oxygens (including phenoxy) is 1. The zero-order valence-corrected chi connectivity index (χ0v) is 16.2. The fourth-order valence-electron chi connectivity index (χ4n) is 2.88. The molecule has 0 aromatic carbocycles. The fraction of sp³-hybridized carbons (Fsp3) is 0.278. The lowest BCUT2D eigenvalue weighted by molar-refractivity contribution is 0.183. The summed E-state index contributed by atoms with van der Waals surface area (Å²) in [5, 5.41) is 16.6. The quantitative estimate of drug-likeness (QED) is 0.425. The molecule has 4 heterocycles. The van der Waals surface area contributed by atoms with Gasteiger partial charge in [-0.25, -0.2) is 19.3 Å². The predicted molar refractivity (Wildman–Crippen MR) is 106 cm³/mol. The van der Waals surface area contributed by atoms with Crippen LogP contribution in [0.3, 0.4) is 0 Å². The minimum absolute atomic E-state index is 0.460. The predicted octanol–water partition coefficient (Wildman–Crippen LogP) is 0.575. The van der Waals surface area contributed by atoms with Gasteiger partial charge in [0.25, 0.3) is 0 Å².